The van der Waals surface area contributed by atoms with E-state index >= 15 is 0 Å². The van der Waals surface area contributed by atoms with Crippen LogP contribution in [0.25, 0.3) is 0 Å². The number of unbranched alkanes of at least 4 members (excludes halogenated alkanes) is 20. The second-order valence-electron chi connectivity index (χ2n) is 14.7. The van der Waals surface area contributed by atoms with Gasteiger partial charge in [-0.25, -0.2) is 16.8 Å². The molecule has 2 aliphatic heterocycles. The van der Waals surface area contributed by atoms with Gasteiger partial charge < -0.3 is 30.4 Å². The summed E-state index contributed by atoms with van der Waals surface area (Å²) in [4.78, 5) is -3.20. The van der Waals surface area contributed by atoms with Gasteiger partial charge in [-0.15, -0.1) is 0 Å². The van der Waals surface area contributed by atoms with E-state index < -0.39 is 30.2 Å². The Bertz CT molecular complexity index is 1360. The van der Waals surface area contributed by atoms with E-state index in [0.717, 1.165) is 25.7 Å². The van der Waals surface area contributed by atoms with Crippen molar-refractivity contribution in [3.8, 4) is 0 Å². The number of fused-ring (bicyclic) bond motifs is 2. The Morgan fingerprint density at radius 1 is 0.415 bits per heavy atom. The van der Waals surface area contributed by atoms with Gasteiger partial charge in [0.05, 0.1) is 22.7 Å². The Kier molecular flexibility index (Phi) is 22.6. The van der Waals surface area contributed by atoms with E-state index in [9.17, 15) is 25.9 Å². The molecule has 4 N–H and O–H groups in total. The summed E-state index contributed by atoms with van der Waals surface area (Å²) < 4.78 is 71.1. The van der Waals surface area contributed by atoms with Crippen LogP contribution >= 0.6 is 0 Å². The molecule has 13 heteroatoms. The summed E-state index contributed by atoms with van der Waals surface area (Å²) in [7, 11) is -9.03. The van der Waals surface area contributed by atoms with E-state index in [1.54, 1.807) is 24.3 Å². The Hall–Kier alpha value is -1.28. The molecule has 0 spiro atoms. The van der Waals surface area contributed by atoms with Crippen molar-refractivity contribution in [1.29, 1.82) is 0 Å². The van der Waals surface area contributed by atoms with Crippen molar-refractivity contribution in [3.05, 3.63) is 48.5 Å². The van der Waals surface area contributed by atoms with Crippen molar-refractivity contribution < 1.29 is 25.9 Å². The maximum Gasteiger partial charge on any atom is 2.00 e. The van der Waals surface area contributed by atoms with Crippen molar-refractivity contribution in [2.75, 3.05) is 21.3 Å². The number of benzene rings is 2. The fraction of sp³-hybridized carbons (Fsp3) is 0.700. The molecule has 0 atom stereocenters. The van der Waals surface area contributed by atoms with Gasteiger partial charge >= 0.3 is 37.7 Å². The fourth-order valence-electron chi connectivity index (χ4n) is 7.16. The minimum Gasteiger partial charge on any atom is -0.745 e. The molecule has 0 unspecified atom stereocenters. The first kappa shape index (κ1) is 47.9. The molecule has 4 rings (SSSR count). The molecular weight excluding hydrogens is 737 g/mol. The van der Waals surface area contributed by atoms with Gasteiger partial charge in [0.15, 0.2) is 0 Å². The van der Waals surface area contributed by atoms with Crippen LogP contribution in [-0.2, 0) is 20.2 Å². The van der Waals surface area contributed by atoms with Gasteiger partial charge in [0.1, 0.15) is 20.2 Å². The standard InChI is InChI=1S/2C20H34N2O3S.Ca/c2*1-2-3-4-5-6-7-8-9-10-11-14-17-20(26(23,24)25)21-18-15-12-13-16-19(18)22-20;/h2*12-13,15-16,21-22H,2-11,14,17H2,1H3,(H,23,24,25);/q;;+2/p-2. The first-order chi connectivity index (χ1) is 25.0. The summed E-state index contributed by atoms with van der Waals surface area (Å²) in [6, 6.07) is 14.4. The van der Waals surface area contributed by atoms with Gasteiger partial charge in [0, 0.05) is 12.8 Å². The zero-order valence-electron chi connectivity index (χ0n) is 32.6. The van der Waals surface area contributed by atoms with Crippen LogP contribution in [0.2, 0.25) is 0 Å². The van der Waals surface area contributed by atoms with Gasteiger partial charge in [0.2, 0.25) is 9.99 Å². The summed E-state index contributed by atoms with van der Waals surface area (Å²) in [5.74, 6) is 0. The molecule has 0 amide bonds. The molecule has 296 valence electrons. The molecule has 0 radical (unpaired) electrons. The average molecular weight is 803 g/mol. The molecule has 2 heterocycles. The van der Waals surface area contributed by atoms with Crippen LogP contribution in [0.3, 0.4) is 0 Å². The Morgan fingerprint density at radius 3 is 0.830 bits per heavy atom. The number of nitrogens with one attached hydrogen (secondary N) is 4. The van der Waals surface area contributed by atoms with Crippen LogP contribution < -0.4 is 21.3 Å². The third-order valence-electron chi connectivity index (χ3n) is 10.3. The van der Waals surface area contributed by atoms with Crippen molar-refractivity contribution in [2.24, 2.45) is 0 Å². The Labute approximate surface area is 351 Å². The molecule has 0 aromatic heterocycles. The number of rotatable bonds is 26. The molecule has 2 aromatic rings. The third-order valence-corrected chi connectivity index (χ3v) is 12.8. The summed E-state index contributed by atoms with van der Waals surface area (Å²) in [5, 5.41) is 11.6. The number of para-hydroxylation sites is 4. The van der Waals surface area contributed by atoms with Gasteiger partial charge in [-0.05, 0) is 37.1 Å². The summed E-state index contributed by atoms with van der Waals surface area (Å²) in [6.07, 6.45) is 26.8. The Balaban J connectivity index is 0.000000360. The maximum absolute atomic E-state index is 11.9. The van der Waals surface area contributed by atoms with E-state index in [4.69, 9.17) is 0 Å². The van der Waals surface area contributed by atoms with Crippen molar-refractivity contribution >= 4 is 80.7 Å². The van der Waals surface area contributed by atoms with Gasteiger partial charge in [-0.2, -0.15) is 0 Å². The SMILES string of the molecule is CCCCCCCCCCCCCC1(S(=O)(=O)[O-])Nc2ccccc2N1.CCCCCCCCCCCCCC1(S(=O)(=O)[O-])Nc2ccccc2N1.[Ca+2]. The van der Waals surface area contributed by atoms with Crippen LogP contribution in [0.1, 0.15) is 168 Å². The summed E-state index contributed by atoms with van der Waals surface area (Å²) >= 11 is 0. The predicted octanol–water partition coefficient (Wildman–Crippen LogP) is 10.5. The van der Waals surface area contributed by atoms with Gasteiger partial charge in [-0.3, -0.25) is 0 Å². The molecule has 0 saturated heterocycles. The van der Waals surface area contributed by atoms with Crippen LogP contribution in [-0.4, -0.2) is 73.7 Å². The fourth-order valence-corrected chi connectivity index (χ4v) is 8.89. The molecular formula is C40H66CaN4O6S2. The van der Waals surface area contributed by atoms with E-state index in [0.29, 0.717) is 35.6 Å². The third kappa shape index (κ3) is 16.0. The van der Waals surface area contributed by atoms with Crippen LogP contribution in [0, 0.1) is 0 Å². The van der Waals surface area contributed by atoms with E-state index in [-0.39, 0.29) is 50.6 Å². The monoisotopic (exact) mass is 802 g/mol. The molecule has 10 nitrogen and oxygen atoms in total. The smallest absolute Gasteiger partial charge is 0.745 e. The maximum atomic E-state index is 11.9. The van der Waals surface area contributed by atoms with E-state index in [1.165, 1.54) is 103 Å². The van der Waals surface area contributed by atoms with E-state index in [1.807, 2.05) is 24.3 Å². The largest absolute Gasteiger partial charge is 2.00 e. The van der Waals surface area contributed by atoms with Crippen molar-refractivity contribution in [1.82, 2.24) is 0 Å². The molecule has 0 saturated carbocycles. The van der Waals surface area contributed by atoms with Crippen LogP contribution in [0.4, 0.5) is 22.7 Å². The second-order valence-corrected chi connectivity index (χ2v) is 17.9. The topological polar surface area (TPSA) is 163 Å². The molecule has 2 aliphatic rings. The van der Waals surface area contributed by atoms with Crippen molar-refractivity contribution in [3.63, 3.8) is 0 Å². The number of hydrogen-bond acceptors (Lipinski definition) is 10. The molecule has 0 fully saturated rings. The molecule has 0 bridgehead atoms. The zero-order chi connectivity index (χ0) is 37.8. The van der Waals surface area contributed by atoms with Crippen molar-refractivity contribution in [2.45, 2.75) is 178 Å². The summed E-state index contributed by atoms with van der Waals surface area (Å²) in [6.45, 7) is 4.47. The van der Waals surface area contributed by atoms with Gasteiger partial charge in [0.25, 0.3) is 0 Å². The molecule has 53 heavy (non-hydrogen) atoms. The predicted molar refractivity (Wildman–Crippen MR) is 220 cm³/mol. The first-order valence-corrected chi connectivity index (χ1v) is 23.0. The number of hydrogen-bond donors (Lipinski definition) is 4. The first-order valence-electron chi connectivity index (χ1n) is 20.2. The second kappa shape index (κ2) is 25.1. The van der Waals surface area contributed by atoms with E-state index in [2.05, 4.69) is 35.1 Å². The van der Waals surface area contributed by atoms with Crippen LogP contribution in [0.15, 0.2) is 48.5 Å². The Morgan fingerprint density at radius 2 is 0.623 bits per heavy atom. The average Bonchev–Trinajstić information content (AvgIpc) is 3.70. The molecule has 2 aromatic carbocycles. The zero-order valence-corrected chi connectivity index (χ0v) is 36.4. The minimum absolute atomic E-state index is 0. The normalized spacial score (nSPS) is 15.0. The minimum atomic E-state index is -4.52. The summed E-state index contributed by atoms with van der Waals surface area (Å²) in [5.41, 5.74) is 2.70. The number of anilines is 4. The van der Waals surface area contributed by atoms with Gasteiger partial charge in [-0.1, -0.05) is 167 Å². The molecule has 0 aliphatic carbocycles. The van der Waals surface area contributed by atoms with Crippen LogP contribution in [0.5, 0.6) is 0 Å². The quantitative estimate of drug-likeness (QED) is 0.0409.